The summed E-state index contributed by atoms with van der Waals surface area (Å²) < 4.78 is 11.4. The summed E-state index contributed by atoms with van der Waals surface area (Å²) in [6.07, 6.45) is 7.39. The average molecular weight is 423 g/mol. The molecular formula is C24H26N2O3S. The van der Waals surface area contributed by atoms with Gasteiger partial charge in [0.2, 0.25) is 0 Å². The summed E-state index contributed by atoms with van der Waals surface area (Å²) >= 11 is 5.45. The number of carbonyl (C=O) groups is 1. The first-order chi connectivity index (χ1) is 14.7. The highest BCUT2D eigenvalue weighted by molar-refractivity contribution is 7.80. The van der Waals surface area contributed by atoms with Crippen LogP contribution in [0.2, 0.25) is 0 Å². The van der Waals surface area contributed by atoms with Crippen molar-refractivity contribution in [3.8, 4) is 11.5 Å². The molecule has 5 nitrogen and oxygen atoms in total. The SMILES string of the molecule is COc1cc(/C=C2/NC(=S)N(C3CCCCC3)C2=O)ccc1OCc1ccccc1. The molecule has 156 valence electrons. The van der Waals surface area contributed by atoms with E-state index in [1.54, 1.807) is 12.0 Å². The molecule has 2 aromatic rings. The normalized spacial score (nSPS) is 18.6. The number of thiocarbonyl (C=S) groups is 1. The van der Waals surface area contributed by atoms with Gasteiger partial charge in [-0.1, -0.05) is 55.7 Å². The van der Waals surface area contributed by atoms with Crippen LogP contribution in [-0.2, 0) is 11.4 Å². The van der Waals surface area contributed by atoms with E-state index < -0.39 is 0 Å². The third kappa shape index (κ3) is 4.49. The van der Waals surface area contributed by atoms with Gasteiger partial charge in [-0.2, -0.15) is 0 Å². The topological polar surface area (TPSA) is 50.8 Å². The van der Waals surface area contributed by atoms with Crippen molar-refractivity contribution in [2.24, 2.45) is 0 Å². The van der Waals surface area contributed by atoms with Gasteiger partial charge in [-0.25, -0.2) is 0 Å². The Morgan fingerprint density at radius 1 is 1.10 bits per heavy atom. The first-order valence-electron chi connectivity index (χ1n) is 10.4. The molecule has 0 spiro atoms. The maximum absolute atomic E-state index is 13.0. The van der Waals surface area contributed by atoms with Crippen LogP contribution in [0.4, 0.5) is 0 Å². The highest BCUT2D eigenvalue weighted by Crippen LogP contribution is 2.31. The Morgan fingerprint density at radius 2 is 1.87 bits per heavy atom. The molecule has 1 N–H and O–H groups in total. The number of nitrogens with zero attached hydrogens (tertiary/aromatic N) is 1. The van der Waals surface area contributed by atoms with Gasteiger partial charge in [0.15, 0.2) is 16.6 Å². The fourth-order valence-corrected chi connectivity index (χ4v) is 4.36. The van der Waals surface area contributed by atoms with Gasteiger partial charge in [-0.05, 0) is 54.4 Å². The zero-order valence-electron chi connectivity index (χ0n) is 17.1. The van der Waals surface area contributed by atoms with Gasteiger partial charge in [0, 0.05) is 6.04 Å². The summed E-state index contributed by atoms with van der Waals surface area (Å²) in [7, 11) is 1.61. The molecule has 0 atom stereocenters. The summed E-state index contributed by atoms with van der Waals surface area (Å²) in [4.78, 5) is 14.7. The van der Waals surface area contributed by atoms with E-state index in [-0.39, 0.29) is 11.9 Å². The van der Waals surface area contributed by atoms with E-state index in [0.717, 1.165) is 36.8 Å². The van der Waals surface area contributed by atoms with Crippen LogP contribution in [0.1, 0.15) is 43.2 Å². The van der Waals surface area contributed by atoms with Crippen LogP contribution < -0.4 is 14.8 Å². The Balaban J connectivity index is 1.49. The minimum Gasteiger partial charge on any atom is -0.493 e. The molecule has 1 saturated heterocycles. The van der Waals surface area contributed by atoms with E-state index in [1.807, 2.05) is 54.6 Å². The Hall–Kier alpha value is -2.86. The van der Waals surface area contributed by atoms with E-state index in [9.17, 15) is 4.79 Å². The molecule has 2 aliphatic rings. The molecule has 6 heteroatoms. The van der Waals surface area contributed by atoms with Crippen molar-refractivity contribution in [3.63, 3.8) is 0 Å². The lowest BCUT2D eigenvalue weighted by Gasteiger charge is -2.29. The summed E-state index contributed by atoms with van der Waals surface area (Å²) in [5.74, 6) is 1.24. The Bertz CT molecular complexity index is 952. The standard InChI is InChI=1S/C24H26N2O3S/c1-28-22-15-18(12-13-21(22)29-16-17-8-4-2-5-9-17)14-20-23(27)26(24(30)25-20)19-10-6-3-7-11-19/h2,4-5,8-9,12-15,19H,3,6-7,10-11,16H2,1H3,(H,25,30)/b20-14+. The molecule has 30 heavy (non-hydrogen) atoms. The van der Waals surface area contributed by atoms with Gasteiger partial charge in [0.25, 0.3) is 5.91 Å². The van der Waals surface area contributed by atoms with Crippen molar-refractivity contribution in [2.45, 2.75) is 44.8 Å². The van der Waals surface area contributed by atoms with Gasteiger partial charge in [-0.3, -0.25) is 9.69 Å². The molecule has 1 saturated carbocycles. The summed E-state index contributed by atoms with van der Waals surface area (Å²) in [5.41, 5.74) is 2.44. The molecule has 1 aliphatic heterocycles. The number of ether oxygens (including phenoxy) is 2. The fourth-order valence-electron chi connectivity index (χ4n) is 4.01. The first kappa shape index (κ1) is 20.4. The van der Waals surface area contributed by atoms with E-state index in [0.29, 0.717) is 28.9 Å². The number of methoxy groups -OCH3 is 1. The van der Waals surface area contributed by atoms with Gasteiger partial charge < -0.3 is 14.8 Å². The van der Waals surface area contributed by atoms with Crippen LogP contribution in [-0.4, -0.2) is 29.1 Å². The number of carbonyl (C=O) groups excluding carboxylic acids is 1. The van der Waals surface area contributed by atoms with E-state index in [4.69, 9.17) is 21.7 Å². The molecule has 0 radical (unpaired) electrons. The lowest BCUT2D eigenvalue weighted by molar-refractivity contribution is -0.124. The third-order valence-electron chi connectivity index (χ3n) is 5.59. The zero-order valence-corrected chi connectivity index (χ0v) is 17.9. The molecule has 1 aliphatic carbocycles. The molecule has 0 aromatic heterocycles. The second kappa shape index (κ2) is 9.30. The number of rotatable bonds is 6. The second-order valence-corrected chi connectivity index (χ2v) is 8.03. The van der Waals surface area contributed by atoms with Crippen molar-refractivity contribution in [1.82, 2.24) is 10.2 Å². The Morgan fingerprint density at radius 3 is 2.60 bits per heavy atom. The van der Waals surface area contributed by atoms with Gasteiger partial charge in [0.05, 0.1) is 7.11 Å². The highest BCUT2D eigenvalue weighted by atomic mass is 32.1. The van der Waals surface area contributed by atoms with Crippen molar-refractivity contribution >= 4 is 29.3 Å². The zero-order chi connectivity index (χ0) is 20.9. The summed E-state index contributed by atoms with van der Waals surface area (Å²) in [5, 5.41) is 3.60. The fraction of sp³-hybridized carbons (Fsp3) is 0.333. The predicted octanol–water partition coefficient (Wildman–Crippen LogP) is 4.66. The van der Waals surface area contributed by atoms with E-state index >= 15 is 0 Å². The number of amides is 1. The van der Waals surface area contributed by atoms with Gasteiger partial charge >= 0.3 is 0 Å². The van der Waals surface area contributed by atoms with E-state index in [1.165, 1.54) is 6.42 Å². The van der Waals surface area contributed by atoms with Crippen molar-refractivity contribution in [2.75, 3.05) is 7.11 Å². The minimum absolute atomic E-state index is 0.0460. The summed E-state index contributed by atoms with van der Waals surface area (Å²) in [6, 6.07) is 15.8. The molecule has 2 aromatic carbocycles. The number of hydrogen-bond donors (Lipinski definition) is 1. The molecule has 1 amide bonds. The first-order valence-corrected chi connectivity index (χ1v) is 10.8. The minimum atomic E-state index is -0.0460. The third-order valence-corrected chi connectivity index (χ3v) is 5.88. The molecule has 4 rings (SSSR count). The van der Waals surface area contributed by atoms with Crippen LogP contribution in [0.15, 0.2) is 54.2 Å². The van der Waals surface area contributed by atoms with Crippen LogP contribution in [0.5, 0.6) is 11.5 Å². The molecule has 2 fully saturated rings. The van der Waals surface area contributed by atoms with Crippen LogP contribution in [0.3, 0.4) is 0 Å². The molecule has 0 unspecified atom stereocenters. The average Bonchev–Trinajstić information content (AvgIpc) is 3.06. The number of hydrogen-bond acceptors (Lipinski definition) is 4. The Kier molecular flexibility index (Phi) is 6.33. The van der Waals surface area contributed by atoms with Gasteiger partial charge in [0.1, 0.15) is 12.3 Å². The monoisotopic (exact) mass is 422 g/mol. The maximum atomic E-state index is 13.0. The molecule has 0 bridgehead atoms. The molecular weight excluding hydrogens is 396 g/mol. The van der Waals surface area contributed by atoms with Crippen molar-refractivity contribution in [3.05, 3.63) is 65.4 Å². The number of nitrogens with one attached hydrogen (secondary N) is 1. The molecule has 1 heterocycles. The second-order valence-electron chi connectivity index (χ2n) is 7.64. The lowest BCUT2D eigenvalue weighted by Crippen LogP contribution is -2.41. The van der Waals surface area contributed by atoms with Crippen LogP contribution in [0, 0.1) is 0 Å². The Labute approximate surface area is 182 Å². The highest BCUT2D eigenvalue weighted by Gasteiger charge is 2.36. The summed E-state index contributed by atoms with van der Waals surface area (Å²) in [6.45, 7) is 0.461. The van der Waals surface area contributed by atoms with Crippen LogP contribution >= 0.6 is 12.2 Å². The maximum Gasteiger partial charge on any atom is 0.276 e. The van der Waals surface area contributed by atoms with Crippen molar-refractivity contribution < 1.29 is 14.3 Å². The van der Waals surface area contributed by atoms with E-state index in [2.05, 4.69) is 5.32 Å². The predicted molar refractivity (Wildman–Crippen MR) is 121 cm³/mol. The van der Waals surface area contributed by atoms with Crippen molar-refractivity contribution in [1.29, 1.82) is 0 Å². The lowest BCUT2D eigenvalue weighted by atomic mass is 9.94. The number of benzene rings is 2. The quantitative estimate of drug-likeness (QED) is 0.542. The van der Waals surface area contributed by atoms with Gasteiger partial charge in [-0.15, -0.1) is 0 Å². The smallest absolute Gasteiger partial charge is 0.276 e. The van der Waals surface area contributed by atoms with Crippen LogP contribution in [0.25, 0.3) is 6.08 Å². The largest absolute Gasteiger partial charge is 0.493 e.